The Morgan fingerprint density at radius 2 is 0.782 bits per heavy atom. The Morgan fingerprint density at radius 3 is 1.55 bits per heavy atom. The van der Waals surface area contributed by atoms with Crippen LogP contribution in [0.3, 0.4) is 0 Å². The van der Waals surface area contributed by atoms with Crippen LogP contribution in [0.1, 0.15) is 5.56 Å². The highest BCUT2D eigenvalue weighted by molar-refractivity contribution is 6.00. The SMILES string of the molecule is Cc1cc(-c2ccc3ccccc3c2)ccc1-c1cccc(-c2nc(-c3ccccc3-c3cccc4ccccc34)nc(-c3cccc4ccccc34)n2)c1. The molecule has 3 heteroatoms. The molecule has 258 valence electrons. The highest BCUT2D eigenvalue weighted by Gasteiger charge is 2.18. The molecule has 10 aromatic rings. The second-order valence-electron chi connectivity index (χ2n) is 14.1. The van der Waals surface area contributed by atoms with Gasteiger partial charge in [-0.1, -0.05) is 182 Å². The van der Waals surface area contributed by atoms with E-state index < -0.39 is 0 Å². The third-order valence-electron chi connectivity index (χ3n) is 10.7. The van der Waals surface area contributed by atoms with Gasteiger partial charge in [-0.15, -0.1) is 0 Å². The summed E-state index contributed by atoms with van der Waals surface area (Å²) in [7, 11) is 0. The van der Waals surface area contributed by atoms with Gasteiger partial charge in [0.05, 0.1) is 0 Å². The van der Waals surface area contributed by atoms with Gasteiger partial charge in [-0.25, -0.2) is 15.0 Å². The average molecular weight is 702 g/mol. The van der Waals surface area contributed by atoms with Crippen molar-refractivity contribution >= 4 is 32.3 Å². The summed E-state index contributed by atoms with van der Waals surface area (Å²) in [6, 6.07) is 68.7. The summed E-state index contributed by atoms with van der Waals surface area (Å²) >= 11 is 0. The Hall–Kier alpha value is -7.23. The summed E-state index contributed by atoms with van der Waals surface area (Å²) in [5, 5.41) is 7.12. The predicted octanol–water partition coefficient (Wildman–Crippen LogP) is 13.6. The highest BCUT2D eigenvalue weighted by atomic mass is 15.0. The molecule has 1 heterocycles. The maximum atomic E-state index is 5.26. The Labute approximate surface area is 320 Å². The van der Waals surface area contributed by atoms with Crippen LogP contribution in [-0.2, 0) is 0 Å². The van der Waals surface area contributed by atoms with E-state index in [0.717, 1.165) is 44.2 Å². The predicted molar refractivity (Wildman–Crippen MR) is 230 cm³/mol. The molecule has 0 unspecified atom stereocenters. The van der Waals surface area contributed by atoms with E-state index in [1.165, 1.54) is 43.8 Å². The maximum absolute atomic E-state index is 5.26. The number of hydrogen-bond donors (Lipinski definition) is 0. The van der Waals surface area contributed by atoms with Crippen LogP contribution in [0, 0.1) is 6.92 Å². The lowest BCUT2D eigenvalue weighted by Gasteiger charge is -2.15. The molecule has 0 amide bonds. The Bertz CT molecular complexity index is 3060. The first-order valence-electron chi connectivity index (χ1n) is 18.7. The van der Waals surface area contributed by atoms with E-state index in [1.54, 1.807) is 0 Å². The van der Waals surface area contributed by atoms with Crippen LogP contribution in [0.5, 0.6) is 0 Å². The van der Waals surface area contributed by atoms with Gasteiger partial charge >= 0.3 is 0 Å². The summed E-state index contributed by atoms with van der Waals surface area (Å²) in [6.45, 7) is 2.19. The van der Waals surface area contributed by atoms with Crippen LogP contribution in [0.15, 0.2) is 194 Å². The normalized spacial score (nSPS) is 11.4. The first kappa shape index (κ1) is 32.4. The first-order chi connectivity index (χ1) is 27.2. The van der Waals surface area contributed by atoms with E-state index >= 15 is 0 Å². The zero-order valence-corrected chi connectivity index (χ0v) is 30.3. The largest absolute Gasteiger partial charge is 0.208 e. The molecule has 0 aliphatic carbocycles. The third-order valence-corrected chi connectivity index (χ3v) is 10.7. The molecule has 0 N–H and O–H groups in total. The molecule has 0 fully saturated rings. The third kappa shape index (κ3) is 6.02. The molecular formula is C52H35N3. The van der Waals surface area contributed by atoms with Gasteiger partial charge in [0.15, 0.2) is 17.5 Å². The average Bonchev–Trinajstić information content (AvgIpc) is 3.25. The van der Waals surface area contributed by atoms with Crippen molar-refractivity contribution < 1.29 is 0 Å². The maximum Gasteiger partial charge on any atom is 0.164 e. The van der Waals surface area contributed by atoms with Gasteiger partial charge in [0.2, 0.25) is 0 Å². The van der Waals surface area contributed by atoms with Gasteiger partial charge < -0.3 is 0 Å². The number of nitrogens with zero attached hydrogens (tertiary/aromatic N) is 3. The fourth-order valence-corrected chi connectivity index (χ4v) is 7.90. The molecule has 10 rings (SSSR count). The molecule has 0 atom stereocenters. The molecule has 0 aliphatic rings. The lowest BCUT2D eigenvalue weighted by atomic mass is 9.93. The van der Waals surface area contributed by atoms with Crippen molar-refractivity contribution in [3.8, 4) is 67.5 Å². The minimum absolute atomic E-state index is 0.632. The van der Waals surface area contributed by atoms with Crippen molar-refractivity contribution in [2.45, 2.75) is 6.92 Å². The summed E-state index contributed by atoms with van der Waals surface area (Å²) in [4.78, 5) is 15.7. The standard InChI is InChI=1S/C52H35N3/c1-34-31-39(40-28-27-35-13-2-3-16-38(35)32-40)29-30-43(34)41-19-10-20-42(33-41)50-53-51(48-26-12-18-37-15-5-7-22-45(37)48)55-52(54-50)49-24-9-8-23-47(49)46-25-11-17-36-14-4-6-21-44(36)46/h2-33H,1H3. The van der Waals surface area contributed by atoms with E-state index in [-0.39, 0.29) is 0 Å². The Morgan fingerprint density at radius 1 is 0.273 bits per heavy atom. The smallest absolute Gasteiger partial charge is 0.164 e. The fraction of sp³-hybridized carbons (Fsp3) is 0.0192. The fourth-order valence-electron chi connectivity index (χ4n) is 7.90. The molecule has 55 heavy (non-hydrogen) atoms. The Balaban J connectivity index is 1.12. The molecule has 0 saturated heterocycles. The molecule has 0 radical (unpaired) electrons. The van der Waals surface area contributed by atoms with Gasteiger partial charge in [-0.2, -0.15) is 0 Å². The van der Waals surface area contributed by atoms with Crippen LogP contribution in [-0.4, -0.2) is 15.0 Å². The zero-order valence-electron chi connectivity index (χ0n) is 30.3. The van der Waals surface area contributed by atoms with E-state index in [2.05, 4.69) is 201 Å². The monoisotopic (exact) mass is 701 g/mol. The second kappa shape index (κ2) is 13.6. The molecule has 9 aromatic carbocycles. The van der Waals surface area contributed by atoms with Gasteiger partial charge in [0.1, 0.15) is 0 Å². The van der Waals surface area contributed by atoms with Gasteiger partial charge in [0, 0.05) is 16.7 Å². The van der Waals surface area contributed by atoms with E-state index in [1.807, 2.05) is 0 Å². The van der Waals surface area contributed by atoms with Crippen molar-refractivity contribution in [3.05, 3.63) is 200 Å². The van der Waals surface area contributed by atoms with Crippen molar-refractivity contribution in [1.29, 1.82) is 0 Å². The summed E-state index contributed by atoms with van der Waals surface area (Å²) < 4.78 is 0. The van der Waals surface area contributed by atoms with Crippen molar-refractivity contribution in [1.82, 2.24) is 15.0 Å². The second-order valence-corrected chi connectivity index (χ2v) is 14.1. The van der Waals surface area contributed by atoms with Crippen LogP contribution < -0.4 is 0 Å². The van der Waals surface area contributed by atoms with Crippen molar-refractivity contribution in [2.24, 2.45) is 0 Å². The number of benzene rings is 9. The molecule has 0 saturated carbocycles. The number of aromatic nitrogens is 3. The van der Waals surface area contributed by atoms with Crippen molar-refractivity contribution in [3.63, 3.8) is 0 Å². The zero-order chi connectivity index (χ0) is 36.7. The summed E-state index contributed by atoms with van der Waals surface area (Å²) in [5.41, 5.74) is 11.0. The minimum Gasteiger partial charge on any atom is -0.208 e. The van der Waals surface area contributed by atoms with E-state index in [4.69, 9.17) is 15.0 Å². The van der Waals surface area contributed by atoms with Crippen molar-refractivity contribution in [2.75, 3.05) is 0 Å². The molecule has 1 aromatic heterocycles. The number of aryl methyl sites for hydroxylation is 1. The van der Waals surface area contributed by atoms with Crippen LogP contribution >= 0.6 is 0 Å². The molecular weight excluding hydrogens is 667 g/mol. The van der Waals surface area contributed by atoms with Gasteiger partial charge in [-0.3, -0.25) is 0 Å². The van der Waals surface area contributed by atoms with Gasteiger partial charge in [-0.05, 0) is 90.3 Å². The van der Waals surface area contributed by atoms with Crippen LogP contribution in [0.2, 0.25) is 0 Å². The lowest BCUT2D eigenvalue weighted by molar-refractivity contribution is 1.08. The highest BCUT2D eigenvalue weighted by Crippen LogP contribution is 2.38. The number of fused-ring (bicyclic) bond motifs is 3. The summed E-state index contributed by atoms with van der Waals surface area (Å²) in [5.74, 6) is 1.91. The van der Waals surface area contributed by atoms with Crippen LogP contribution in [0.25, 0.3) is 99.9 Å². The molecule has 0 bridgehead atoms. The van der Waals surface area contributed by atoms with Crippen LogP contribution in [0.4, 0.5) is 0 Å². The first-order valence-corrected chi connectivity index (χ1v) is 18.7. The molecule has 3 nitrogen and oxygen atoms in total. The number of rotatable bonds is 6. The summed E-state index contributed by atoms with van der Waals surface area (Å²) in [6.07, 6.45) is 0. The lowest BCUT2D eigenvalue weighted by Crippen LogP contribution is -2.01. The minimum atomic E-state index is 0.632. The molecule has 0 aliphatic heterocycles. The topological polar surface area (TPSA) is 38.7 Å². The number of hydrogen-bond acceptors (Lipinski definition) is 3. The Kier molecular flexibility index (Phi) is 8.04. The van der Waals surface area contributed by atoms with E-state index in [9.17, 15) is 0 Å². The quantitative estimate of drug-likeness (QED) is 0.173. The molecule has 0 spiro atoms. The van der Waals surface area contributed by atoms with Gasteiger partial charge in [0.25, 0.3) is 0 Å². The van der Waals surface area contributed by atoms with E-state index in [0.29, 0.717) is 17.5 Å².